The summed E-state index contributed by atoms with van der Waals surface area (Å²) in [7, 11) is -2.69. The predicted octanol–water partition coefficient (Wildman–Crippen LogP) is 3.01. The molecule has 8 nitrogen and oxygen atoms in total. The zero-order valence-corrected chi connectivity index (χ0v) is 15.3. The number of ether oxygens (including phenoxy) is 2. The molecule has 2 aromatic carbocycles. The number of amides is 1. The van der Waals surface area contributed by atoms with Gasteiger partial charge in [-0.05, 0) is 42.5 Å². The fourth-order valence-electron chi connectivity index (χ4n) is 2.03. The van der Waals surface area contributed by atoms with Crippen LogP contribution < -0.4 is 10.0 Å². The topological polar surface area (TPSA) is 111 Å². The van der Waals surface area contributed by atoms with Crippen LogP contribution in [0.3, 0.4) is 0 Å². The predicted molar refractivity (Wildman–Crippen MR) is 100 cm³/mol. The van der Waals surface area contributed by atoms with Crippen LogP contribution in [-0.4, -0.2) is 34.2 Å². The Morgan fingerprint density at radius 3 is 2.41 bits per heavy atom. The Balaban J connectivity index is 2.10. The van der Waals surface area contributed by atoms with Crippen molar-refractivity contribution in [2.45, 2.75) is 4.90 Å². The van der Waals surface area contributed by atoms with Gasteiger partial charge in [-0.25, -0.2) is 18.0 Å². The van der Waals surface area contributed by atoms with Gasteiger partial charge in [0.1, 0.15) is 6.61 Å². The molecule has 0 saturated heterocycles. The van der Waals surface area contributed by atoms with E-state index in [0.717, 1.165) is 0 Å². The second kappa shape index (κ2) is 8.86. The first kappa shape index (κ1) is 20.0. The number of carbonyl (C=O) groups is 2. The molecule has 0 aliphatic carbocycles. The van der Waals surface area contributed by atoms with Crippen LogP contribution in [0.1, 0.15) is 10.4 Å². The lowest BCUT2D eigenvalue weighted by atomic mass is 10.2. The summed E-state index contributed by atoms with van der Waals surface area (Å²) in [5, 5.41) is 2.49. The number of hydrogen-bond donors (Lipinski definition) is 2. The van der Waals surface area contributed by atoms with E-state index in [1.54, 1.807) is 0 Å². The van der Waals surface area contributed by atoms with Gasteiger partial charge < -0.3 is 9.47 Å². The number of carbonyl (C=O) groups excluding carboxylic acids is 2. The molecule has 0 heterocycles. The van der Waals surface area contributed by atoms with Gasteiger partial charge in [0.25, 0.3) is 10.0 Å². The van der Waals surface area contributed by atoms with E-state index in [9.17, 15) is 18.0 Å². The van der Waals surface area contributed by atoms with Crippen molar-refractivity contribution in [3.8, 4) is 0 Å². The zero-order valence-electron chi connectivity index (χ0n) is 14.5. The van der Waals surface area contributed by atoms with Gasteiger partial charge in [-0.2, -0.15) is 0 Å². The smallest absolute Gasteiger partial charge is 0.411 e. The van der Waals surface area contributed by atoms with E-state index in [1.807, 2.05) is 0 Å². The summed E-state index contributed by atoms with van der Waals surface area (Å²) in [6, 6.07) is 11.5. The lowest BCUT2D eigenvalue weighted by molar-refractivity contribution is 0.0600. The van der Waals surface area contributed by atoms with Crippen molar-refractivity contribution in [2.75, 3.05) is 23.8 Å². The highest BCUT2D eigenvalue weighted by atomic mass is 32.2. The summed E-state index contributed by atoms with van der Waals surface area (Å²) in [6.45, 7) is 3.51. The molecule has 0 unspecified atom stereocenters. The summed E-state index contributed by atoms with van der Waals surface area (Å²) in [4.78, 5) is 22.9. The van der Waals surface area contributed by atoms with Crippen LogP contribution in [0.5, 0.6) is 0 Å². The van der Waals surface area contributed by atoms with Crippen molar-refractivity contribution in [2.24, 2.45) is 0 Å². The van der Waals surface area contributed by atoms with Gasteiger partial charge in [0.2, 0.25) is 0 Å². The fourth-order valence-corrected chi connectivity index (χ4v) is 3.14. The van der Waals surface area contributed by atoms with Crippen LogP contribution >= 0.6 is 0 Å². The van der Waals surface area contributed by atoms with Crippen molar-refractivity contribution in [1.29, 1.82) is 0 Å². The quantitative estimate of drug-likeness (QED) is 0.555. The minimum atomic E-state index is -3.91. The summed E-state index contributed by atoms with van der Waals surface area (Å²) >= 11 is 0. The molecule has 0 spiro atoms. The number of hydrogen-bond acceptors (Lipinski definition) is 6. The molecular weight excluding hydrogens is 372 g/mol. The second-order valence-electron chi connectivity index (χ2n) is 5.21. The van der Waals surface area contributed by atoms with Crippen molar-refractivity contribution in [3.05, 3.63) is 66.7 Å². The molecule has 27 heavy (non-hydrogen) atoms. The Morgan fingerprint density at radius 1 is 1.11 bits per heavy atom. The highest BCUT2D eigenvalue weighted by Crippen LogP contribution is 2.19. The molecule has 2 rings (SSSR count). The van der Waals surface area contributed by atoms with Crippen LogP contribution in [0.25, 0.3) is 0 Å². The highest BCUT2D eigenvalue weighted by molar-refractivity contribution is 7.92. The monoisotopic (exact) mass is 390 g/mol. The Hall–Kier alpha value is -3.33. The first-order valence-electron chi connectivity index (χ1n) is 7.71. The molecular formula is C18H18N2O6S. The number of benzene rings is 2. The van der Waals surface area contributed by atoms with Crippen LogP contribution in [-0.2, 0) is 19.5 Å². The highest BCUT2D eigenvalue weighted by Gasteiger charge is 2.17. The van der Waals surface area contributed by atoms with Gasteiger partial charge in [0.15, 0.2) is 0 Å². The van der Waals surface area contributed by atoms with E-state index < -0.39 is 22.1 Å². The van der Waals surface area contributed by atoms with E-state index >= 15 is 0 Å². The fraction of sp³-hybridized carbons (Fsp3) is 0.111. The summed E-state index contributed by atoms with van der Waals surface area (Å²) in [6.07, 6.45) is 0.787. The molecule has 0 radical (unpaired) electrons. The third-order valence-corrected chi connectivity index (χ3v) is 4.66. The summed E-state index contributed by atoms with van der Waals surface area (Å²) in [5.74, 6) is -0.634. The molecule has 1 amide bonds. The van der Waals surface area contributed by atoms with Crippen molar-refractivity contribution in [1.82, 2.24) is 0 Å². The van der Waals surface area contributed by atoms with Gasteiger partial charge in [-0.15, -0.1) is 0 Å². The number of esters is 1. The normalized spacial score (nSPS) is 10.6. The van der Waals surface area contributed by atoms with Crippen LogP contribution in [0.2, 0.25) is 0 Å². The largest absolute Gasteiger partial charge is 0.465 e. The van der Waals surface area contributed by atoms with Gasteiger partial charge in [0, 0.05) is 11.4 Å². The van der Waals surface area contributed by atoms with E-state index in [2.05, 4.69) is 21.4 Å². The number of rotatable bonds is 7. The van der Waals surface area contributed by atoms with Crippen LogP contribution in [0.4, 0.5) is 16.2 Å². The summed E-state index contributed by atoms with van der Waals surface area (Å²) < 4.78 is 36.7. The maximum atomic E-state index is 12.5. The standard InChI is InChI=1S/C18H18N2O6S/c1-3-11-26-18(22)19-14-7-9-15(10-8-14)20-27(23,24)16-6-4-5-13(12-16)17(21)25-2/h3-10,12,20H,1,11H2,2H3,(H,19,22). The van der Waals surface area contributed by atoms with Crippen molar-refractivity contribution < 1.29 is 27.5 Å². The van der Waals surface area contributed by atoms with Gasteiger partial charge in [-0.1, -0.05) is 18.7 Å². The number of sulfonamides is 1. The van der Waals surface area contributed by atoms with Crippen LogP contribution in [0, 0.1) is 0 Å². The molecule has 0 saturated carbocycles. The number of anilines is 2. The maximum Gasteiger partial charge on any atom is 0.411 e. The zero-order chi connectivity index (χ0) is 19.9. The molecule has 2 N–H and O–H groups in total. The SMILES string of the molecule is C=CCOC(=O)Nc1ccc(NS(=O)(=O)c2cccc(C(=O)OC)c2)cc1. The molecule has 2 aromatic rings. The van der Waals surface area contributed by atoms with Crippen molar-refractivity contribution in [3.63, 3.8) is 0 Å². The second-order valence-corrected chi connectivity index (χ2v) is 6.90. The van der Waals surface area contributed by atoms with E-state index in [-0.39, 0.29) is 22.8 Å². The molecule has 0 aliphatic rings. The Labute approximate surface area is 156 Å². The van der Waals surface area contributed by atoms with E-state index in [1.165, 1.54) is 61.7 Å². The maximum absolute atomic E-state index is 12.5. The Bertz CT molecular complexity index is 939. The molecule has 9 heteroatoms. The molecule has 0 atom stereocenters. The number of nitrogens with one attached hydrogen (secondary N) is 2. The van der Waals surface area contributed by atoms with E-state index in [4.69, 9.17) is 4.74 Å². The molecule has 0 aromatic heterocycles. The number of methoxy groups -OCH3 is 1. The lowest BCUT2D eigenvalue weighted by Crippen LogP contribution is -2.15. The molecule has 0 bridgehead atoms. The van der Waals surface area contributed by atoms with Gasteiger partial charge in [0.05, 0.1) is 17.6 Å². The van der Waals surface area contributed by atoms with E-state index in [0.29, 0.717) is 5.69 Å². The van der Waals surface area contributed by atoms with Crippen molar-refractivity contribution >= 4 is 33.5 Å². The Kier molecular flexibility index (Phi) is 6.56. The van der Waals surface area contributed by atoms with Gasteiger partial charge >= 0.3 is 12.1 Å². The molecule has 142 valence electrons. The molecule has 0 aliphatic heterocycles. The average molecular weight is 390 g/mol. The first-order chi connectivity index (χ1) is 12.9. The minimum Gasteiger partial charge on any atom is -0.465 e. The summed E-state index contributed by atoms with van der Waals surface area (Å²) in [5.41, 5.74) is 0.834. The first-order valence-corrected chi connectivity index (χ1v) is 9.20. The average Bonchev–Trinajstić information content (AvgIpc) is 2.67. The third-order valence-electron chi connectivity index (χ3n) is 3.28. The lowest BCUT2D eigenvalue weighted by Gasteiger charge is -2.10. The molecule has 0 fully saturated rings. The third kappa shape index (κ3) is 5.58. The Morgan fingerprint density at radius 2 is 1.78 bits per heavy atom. The van der Waals surface area contributed by atoms with Gasteiger partial charge in [-0.3, -0.25) is 10.0 Å². The minimum absolute atomic E-state index is 0.0777. The van der Waals surface area contributed by atoms with Crippen LogP contribution in [0.15, 0.2) is 66.1 Å².